The van der Waals surface area contributed by atoms with Crippen molar-refractivity contribution in [3.63, 3.8) is 0 Å². The minimum absolute atomic E-state index is 0.0351. The zero-order valence-corrected chi connectivity index (χ0v) is 51.8. The van der Waals surface area contributed by atoms with Crippen LogP contribution in [0.2, 0.25) is 0 Å². The third-order valence-corrected chi connectivity index (χ3v) is 15.7. The zero-order valence-electron chi connectivity index (χ0n) is 49.4. The van der Waals surface area contributed by atoms with Crippen LogP contribution in [0, 0.1) is 0 Å². The molecule has 0 amide bonds. The predicted octanol–water partition coefficient (Wildman–Crippen LogP) is 12.2. The Morgan fingerprint density at radius 3 is 0.692 bits per heavy atom. The van der Waals surface area contributed by atoms with Gasteiger partial charge in [0.1, 0.15) is 24.4 Å². The summed E-state index contributed by atoms with van der Waals surface area (Å²) in [5, 5.41) is 0. The Bertz CT molecular complexity index is 1510. The summed E-state index contributed by atoms with van der Waals surface area (Å²) in [6.07, 6.45) is 33.8. The van der Waals surface area contributed by atoms with Gasteiger partial charge in [-0.1, -0.05) is 194 Å². The van der Waals surface area contributed by atoms with Gasteiger partial charge in [0.2, 0.25) is 0 Å². The second-order valence-corrected chi connectivity index (χ2v) is 25.9. The highest BCUT2D eigenvalue weighted by molar-refractivity contribution is 7.86. The van der Waals surface area contributed by atoms with Crippen LogP contribution in [0.5, 0.6) is 0 Å². The maximum atomic E-state index is 11.5. The Kier molecular flexibility index (Phi) is 55.1. The molecule has 0 rings (SSSR count). The van der Waals surface area contributed by atoms with Crippen molar-refractivity contribution in [1.82, 2.24) is 0 Å². The lowest BCUT2D eigenvalue weighted by Crippen LogP contribution is -2.36. The maximum Gasteiger partial charge on any atom is 0.264 e. The second kappa shape index (κ2) is 55.6. The first-order chi connectivity index (χ1) is 37.6. The van der Waals surface area contributed by atoms with Gasteiger partial charge in [0.15, 0.2) is 0 Å². The van der Waals surface area contributed by atoms with Gasteiger partial charge in [0.25, 0.3) is 30.4 Å². The van der Waals surface area contributed by atoms with Crippen LogP contribution in [0.1, 0.15) is 233 Å². The largest absolute Gasteiger partial charge is 0.379 e. The molecule has 0 spiro atoms. The molecule has 0 aliphatic rings. The van der Waals surface area contributed by atoms with Crippen molar-refractivity contribution in [2.75, 3.05) is 110 Å². The van der Waals surface area contributed by atoms with Crippen LogP contribution in [0.4, 0.5) is 0 Å². The summed E-state index contributed by atoms with van der Waals surface area (Å²) in [5.41, 5.74) is 0. The molecule has 0 fully saturated rings. The van der Waals surface area contributed by atoms with E-state index < -0.39 is 72.0 Å². The second-order valence-electron chi connectivity index (χ2n) is 21.2. The van der Waals surface area contributed by atoms with E-state index in [0.717, 1.165) is 57.8 Å². The third-order valence-electron chi connectivity index (χ3n) is 13.3. The number of ether oxygens (including phenoxy) is 9. The topological polar surface area (TPSA) is 246 Å². The smallest absolute Gasteiger partial charge is 0.264 e. The average molecular weight is 1190 g/mol. The van der Waals surface area contributed by atoms with E-state index in [0.29, 0.717) is 19.8 Å². The van der Waals surface area contributed by atoms with Crippen LogP contribution >= 0.6 is 0 Å². The Hall–Kier alpha value is -0.630. The molecule has 3 unspecified atom stereocenters. The molecule has 470 valence electrons. The molecule has 0 bridgehead atoms. The van der Waals surface area contributed by atoms with Gasteiger partial charge < -0.3 is 42.6 Å². The van der Waals surface area contributed by atoms with E-state index in [2.05, 4.69) is 20.8 Å². The van der Waals surface area contributed by atoms with Gasteiger partial charge in [-0.05, 0) is 38.5 Å². The van der Waals surface area contributed by atoms with E-state index in [4.69, 9.17) is 42.6 Å². The highest BCUT2D eigenvalue weighted by atomic mass is 32.2. The molecule has 3 atom stereocenters. The molecule has 0 aromatic heterocycles. The first-order valence-corrected chi connectivity index (χ1v) is 35.6. The normalized spacial score (nSPS) is 14.1. The summed E-state index contributed by atoms with van der Waals surface area (Å²) < 4.78 is 151. The molecular formula is C57H116O18S3. The Morgan fingerprint density at radius 1 is 0.244 bits per heavy atom. The van der Waals surface area contributed by atoms with Crippen molar-refractivity contribution >= 4 is 30.4 Å². The van der Waals surface area contributed by atoms with Crippen LogP contribution in [-0.4, -0.2) is 173 Å². The fourth-order valence-electron chi connectivity index (χ4n) is 8.68. The lowest BCUT2D eigenvalue weighted by atomic mass is 10.1. The van der Waals surface area contributed by atoms with Crippen LogP contribution in [0.3, 0.4) is 0 Å². The fourth-order valence-corrected chi connectivity index (χ4v) is 10.1. The van der Waals surface area contributed by atoms with Crippen molar-refractivity contribution in [1.29, 1.82) is 0 Å². The van der Waals surface area contributed by atoms with Crippen LogP contribution in [0.15, 0.2) is 0 Å². The molecule has 0 aliphatic carbocycles. The van der Waals surface area contributed by atoms with Crippen molar-refractivity contribution in [2.24, 2.45) is 0 Å². The van der Waals surface area contributed by atoms with E-state index in [1.165, 1.54) is 135 Å². The summed E-state index contributed by atoms with van der Waals surface area (Å²) in [7, 11) is -12.5. The van der Waals surface area contributed by atoms with Crippen LogP contribution in [0.25, 0.3) is 0 Å². The average Bonchev–Trinajstić information content (AvgIpc) is 3.38. The summed E-state index contributed by atoms with van der Waals surface area (Å²) in [6.45, 7) is 9.28. The monoisotopic (exact) mass is 1180 g/mol. The molecule has 18 nitrogen and oxygen atoms in total. The highest BCUT2D eigenvalue weighted by Crippen LogP contribution is 2.15. The molecule has 3 N–H and O–H groups in total. The predicted molar refractivity (Wildman–Crippen MR) is 312 cm³/mol. The first kappa shape index (κ1) is 77.4. The molecule has 0 aromatic rings. The zero-order chi connectivity index (χ0) is 57.5. The lowest BCUT2D eigenvalue weighted by molar-refractivity contribution is -0.129. The van der Waals surface area contributed by atoms with Gasteiger partial charge in [0.05, 0.1) is 70.1 Å². The number of hydrogen-bond acceptors (Lipinski definition) is 15. The van der Waals surface area contributed by atoms with E-state index in [-0.39, 0.29) is 91.9 Å². The van der Waals surface area contributed by atoms with Crippen molar-refractivity contribution in [3.05, 3.63) is 0 Å². The molecule has 0 aromatic carbocycles. The quantitative estimate of drug-likeness (QED) is 0.0378. The maximum absolute atomic E-state index is 11.5. The Balaban J connectivity index is 5.84. The molecule has 0 heterocycles. The van der Waals surface area contributed by atoms with Crippen molar-refractivity contribution in [3.8, 4) is 0 Å². The van der Waals surface area contributed by atoms with Crippen LogP contribution < -0.4 is 0 Å². The summed E-state index contributed by atoms with van der Waals surface area (Å²) >= 11 is 0. The number of hydrogen-bond donors (Lipinski definition) is 3. The van der Waals surface area contributed by atoms with Gasteiger partial charge in [-0.15, -0.1) is 0 Å². The van der Waals surface area contributed by atoms with Crippen molar-refractivity contribution in [2.45, 2.75) is 257 Å². The van der Waals surface area contributed by atoms with E-state index in [1.807, 2.05) is 0 Å². The highest BCUT2D eigenvalue weighted by Gasteiger charge is 2.21. The summed E-state index contributed by atoms with van der Waals surface area (Å²) in [6, 6.07) is 0. The lowest BCUT2D eigenvalue weighted by Gasteiger charge is -2.25. The molecule has 0 saturated heterocycles. The minimum Gasteiger partial charge on any atom is -0.379 e. The summed E-state index contributed by atoms with van der Waals surface area (Å²) in [5.74, 6) is -1.33. The Morgan fingerprint density at radius 2 is 0.449 bits per heavy atom. The Labute approximate surface area is 476 Å². The first-order valence-electron chi connectivity index (χ1n) is 30.8. The summed E-state index contributed by atoms with van der Waals surface area (Å²) in [4.78, 5) is 0. The number of rotatable bonds is 65. The molecule has 21 heteroatoms. The van der Waals surface area contributed by atoms with E-state index >= 15 is 0 Å². The number of unbranched alkanes of at least 4 members (excludes halogenated alkanes) is 27. The molecule has 0 aliphatic heterocycles. The SMILES string of the molecule is CCCCCCCCCCCCOCC(COCC(COCC(COCCCCCCCCCCCC)OCCCS(=O)(=O)O)OCC(COCCCCCCCCCCCC)OCCCS(=O)(=O)O)OCCCS(=O)(=O)O. The van der Waals surface area contributed by atoms with Gasteiger partial charge in [-0.25, -0.2) is 0 Å². The minimum atomic E-state index is -4.18. The molecule has 0 radical (unpaired) electrons. The fraction of sp³-hybridized carbons (Fsp3) is 1.00. The van der Waals surface area contributed by atoms with Crippen molar-refractivity contribution < 1.29 is 81.5 Å². The molecule has 0 saturated carbocycles. The third kappa shape index (κ3) is 61.4. The van der Waals surface area contributed by atoms with Crippen LogP contribution in [-0.2, 0) is 73.0 Å². The van der Waals surface area contributed by atoms with E-state index in [1.54, 1.807) is 0 Å². The molecular weight excluding hydrogens is 1070 g/mol. The van der Waals surface area contributed by atoms with E-state index in [9.17, 15) is 38.9 Å². The van der Waals surface area contributed by atoms with Gasteiger partial charge in [0, 0.05) is 39.6 Å². The standard InChI is InChI=1S/C57H116O18S3/c1-4-7-10-13-16-19-22-25-28-31-37-67-46-54(72-40-34-43-76(58,59)60)49-70-51-56(75-53-57(74-42-36-45-78(64,65)66)48-69-39-33-30-27-24-21-18-15-12-9-6-3)52-71-50-55(73-41-35-44-77(61,62)63)47-68-38-32-29-26-23-20-17-14-11-8-5-2/h54-57H,4-53H2,1-3H3,(H,58,59,60)(H,61,62,63)(H,64,65,66). The van der Waals surface area contributed by atoms with Gasteiger partial charge >= 0.3 is 0 Å². The van der Waals surface area contributed by atoms with Gasteiger partial charge in [-0.2, -0.15) is 25.3 Å². The molecule has 78 heavy (non-hydrogen) atoms. The van der Waals surface area contributed by atoms with Gasteiger partial charge in [-0.3, -0.25) is 13.7 Å².